The third kappa shape index (κ3) is 3.43. The van der Waals surface area contributed by atoms with Crippen LogP contribution in [0.5, 0.6) is 11.5 Å². The number of nitrogens with two attached hydrogens (primary N) is 1. The van der Waals surface area contributed by atoms with Crippen molar-refractivity contribution >= 4 is 17.1 Å². The maximum Gasteiger partial charge on any atom is 0.182 e. The summed E-state index contributed by atoms with van der Waals surface area (Å²) in [5, 5.41) is 0. The highest BCUT2D eigenvalue weighted by Crippen LogP contribution is 2.42. The van der Waals surface area contributed by atoms with Crippen LogP contribution in [-0.4, -0.2) is 26.5 Å². The molecule has 0 fully saturated rings. The highest BCUT2D eigenvalue weighted by Gasteiger charge is 2.24. The molecule has 5 heteroatoms. The molecule has 0 aliphatic heterocycles. The van der Waals surface area contributed by atoms with E-state index in [1.165, 1.54) is 11.3 Å². The molecule has 1 aromatic heterocycles. The van der Waals surface area contributed by atoms with Gasteiger partial charge in [0.2, 0.25) is 0 Å². The summed E-state index contributed by atoms with van der Waals surface area (Å²) in [6.07, 6.45) is 1.02. The van der Waals surface area contributed by atoms with Crippen LogP contribution in [-0.2, 0) is 12.8 Å². The summed E-state index contributed by atoms with van der Waals surface area (Å²) in [4.78, 5) is 14.1. The second kappa shape index (κ2) is 7.24. The average molecular weight is 305 g/mol. The number of rotatable bonds is 7. The Morgan fingerprint density at radius 3 is 2.38 bits per heavy atom. The van der Waals surface area contributed by atoms with Crippen molar-refractivity contribution in [3.8, 4) is 11.5 Å². The van der Waals surface area contributed by atoms with Crippen molar-refractivity contribution in [1.82, 2.24) is 0 Å². The third-order valence-corrected chi connectivity index (χ3v) is 4.38. The Morgan fingerprint density at radius 2 is 1.81 bits per heavy atom. The summed E-state index contributed by atoms with van der Waals surface area (Å²) in [5.41, 5.74) is 6.59. The first-order valence-corrected chi connectivity index (χ1v) is 7.53. The van der Waals surface area contributed by atoms with Crippen LogP contribution in [0.2, 0.25) is 0 Å². The van der Waals surface area contributed by atoms with Gasteiger partial charge in [0.25, 0.3) is 0 Å². The molecule has 0 aliphatic carbocycles. The molecule has 0 bridgehead atoms. The minimum atomic E-state index is 0.0321. The van der Waals surface area contributed by atoms with Gasteiger partial charge in [-0.05, 0) is 18.5 Å². The summed E-state index contributed by atoms with van der Waals surface area (Å²) in [5.74, 6) is 1.18. The molecule has 0 saturated carbocycles. The zero-order chi connectivity index (χ0) is 15.2. The number of carbonyl (C=O) groups excluding carboxylic acids is 1. The van der Waals surface area contributed by atoms with E-state index in [2.05, 4.69) is 0 Å². The molecule has 21 heavy (non-hydrogen) atoms. The quantitative estimate of drug-likeness (QED) is 0.799. The zero-order valence-electron chi connectivity index (χ0n) is 12.2. The Bertz CT molecular complexity index is 607. The van der Waals surface area contributed by atoms with E-state index in [0.717, 1.165) is 10.4 Å². The lowest BCUT2D eigenvalue weighted by molar-refractivity contribution is 0.0994. The second-order valence-corrected chi connectivity index (χ2v) is 5.65. The van der Waals surface area contributed by atoms with Crippen molar-refractivity contribution in [2.75, 3.05) is 20.8 Å². The zero-order valence-corrected chi connectivity index (χ0v) is 13.0. The highest BCUT2D eigenvalue weighted by atomic mass is 32.1. The number of thiophene rings is 1. The Morgan fingerprint density at radius 1 is 1.14 bits per heavy atom. The first-order chi connectivity index (χ1) is 10.2. The Labute approximate surface area is 128 Å². The first-order valence-electron chi connectivity index (χ1n) is 6.72. The molecule has 0 spiro atoms. The van der Waals surface area contributed by atoms with Gasteiger partial charge in [0.15, 0.2) is 17.3 Å². The molecule has 0 saturated heterocycles. The molecule has 2 N–H and O–H groups in total. The monoisotopic (exact) mass is 305 g/mol. The van der Waals surface area contributed by atoms with Crippen molar-refractivity contribution in [3.63, 3.8) is 0 Å². The highest BCUT2D eigenvalue weighted by molar-refractivity contribution is 7.14. The number of ether oxygens (including phenoxy) is 2. The molecular weight excluding hydrogens is 286 g/mol. The predicted molar refractivity (Wildman–Crippen MR) is 84.7 cm³/mol. The Kier molecular flexibility index (Phi) is 5.36. The van der Waals surface area contributed by atoms with Crippen molar-refractivity contribution in [3.05, 3.63) is 45.6 Å². The minimum absolute atomic E-state index is 0.0321. The van der Waals surface area contributed by atoms with Crippen LogP contribution < -0.4 is 15.2 Å². The van der Waals surface area contributed by atoms with Crippen LogP contribution >= 0.6 is 11.3 Å². The van der Waals surface area contributed by atoms with E-state index < -0.39 is 0 Å². The maximum atomic E-state index is 12.5. The fourth-order valence-electron chi connectivity index (χ4n) is 2.18. The van der Waals surface area contributed by atoms with Gasteiger partial charge in [0.05, 0.1) is 19.1 Å². The summed E-state index contributed by atoms with van der Waals surface area (Å²) >= 11 is 1.41. The molecule has 0 aliphatic rings. The van der Waals surface area contributed by atoms with Crippen LogP contribution in [0.15, 0.2) is 30.3 Å². The lowest BCUT2D eigenvalue weighted by atomic mass is 10.1. The van der Waals surface area contributed by atoms with Gasteiger partial charge in [0, 0.05) is 6.42 Å². The second-order valence-electron chi connectivity index (χ2n) is 4.55. The van der Waals surface area contributed by atoms with Crippen molar-refractivity contribution in [2.24, 2.45) is 5.73 Å². The van der Waals surface area contributed by atoms with Gasteiger partial charge in [0.1, 0.15) is 4.88 Å². The van der Waals surface area contributed by atoms with Crippen molar-refractivity contribution in [1.29, 1.82) is 0 Å². The van der Waals surface area contributed by atoms with E-state index in [-0.39, 0.29) is 5.78 Å². The maximum absolute atomic E-state index is 12.5. The number of methoxy groups -OCH3 is 2. The van der Waals surface area contributed by atoms with Crippen molar-refractivity contribution in [2.45, 2.75) is 12.8 Å². The lowest BCUT2D eigenvalue weighted by Crippen LogP contribution is -2.03. The molecule has 1 aromatic carbocycles. The predicted octanol–water partition coefficient (Wildman–Crippen LogP) is 2.69. The number of hydrogen-bond acceptors (Lipinski definition) is 5. The molecule has 2 aromatic rings. The van der Waals surface area contributed by atoms with Crippen molar-refractivity contribution < 1.29 is 14.3 Å². The van der Waals surface area contributed by atoms with E-state index in [0.29, 0.717) is 35.8 Å². The number of ketones is 1. The fraction of sp³-hybridized carbons (Fsp3) is 0.312. The molecular formula is C16H19NO3S. The molecule has 0 atom stereocenters. The number of benzene rings is 1. The van der Waals surface area contributed by atoms with E-state index in [4.69, 9.17) is 15.2 Å². The van der Waals surface area contributed by atoms with Gasteiger partial charge in [-0.3, -0.25) is 4.79 Å². The molecule has 2 rings (SSSR count). The SMILES string of the molecule is COc1c(CCN)sc(C(=O)Cc2ccccc2)c1OC. The molecule has 0 radical (unpaired) electrons. The molecule has 0 amide bonds. The average Bonchev–Trinajstić information content (AvgIpc) is 2.86. The Balaban J connectivity index is 2.31. The molecule has 0 unspecified atom stereocenters. The number of Topliss-reactive ketones (excluding diaryl/α,β-unsaturated/α-hetero) is 1. The standard InChI is InChI=1S/C16H19NO3S/c1-19-14-13(8-9-17)21-16(15(14)20-2)12(18)10-11-6-4-3-5-7-11/h3-7H,8-10,17H2,1-2H3. The number of hydrogen-bond donors (Lipinski definition) is 1. The topological polar surface area (TPSA) is 61.5 Å². The Hall–Kier alpha value is -1.85. The first kappa shape index (κ1) is 15.5. The smallest absolute Gasteiger partial charge is 0.182 e. The summed E-state index contributed by atoms with van der Waals surface area (Å²) < 4.78 is 10.8. The van der Waals surface area contributed by atoms with Gasteiger partial charge in [-0.15, -0.1) is 11.3 Å². The summed E-state index contributed by atoms with van der Waals surface area (Å²) in [7, 11) is 3.13. The van der Waals surface area contributed by atoms with E-state index >= 15 is 0 Å². The van der Waals surface area contributed by atoms with E-state index in [9.17, 15) is 4.79 Å². The number of carbonyl (C=O) groups is 1. The molecule has 4 nitrogen and oxygen atoms in total. The van der Waals surface area contributed by atoms with Gasteiger partial charge >= 0.3 is 0 Å². The largest absolute Gasteiger partial charge is 0.492 e. The summed E-state index contributed by atoms with van der Waals surface area (Å²) in [6.45, 7) is 0.506. The molecule has 1 heterocycles. The van der Waals surface area contributed by atoms with Crippen LogP contribution in [0.25, 0.3) is 0 Å². The van der Waals surface area contributed by atoms with Gasteiger partial charge in [-0.1, -0.05) is 30.3 Å². The van der Waals surface area contributed by atoms with Crippen LogP contribution in [0, 0.1) is 0 Å². The van der Waals surface area contributed by atoms with Gasteiger partial charge in [-0.25, -0.2) is 0 Å². The van der Waals surface area contributed by atoms with Crippen LogP contribution in [0.4, 0.5) is 0 Å². The van der Waals surface area contributed by atoms with Crippen LogP contribution in [0.1, 0.15) is 20.1 Å². The van der Waals surface area contributed by atoms with Gasteiger partial charge < -0.3 is 15.2 Å². The van der Waals surface area contributed by atoms with Crippen LogP contribution in [0.3, 0.4) is 0 Å². The van der Waals surface area contributed by atoms with Gasteiger partial charge in [-0.2, -0.15) is 0 Å². The van der Waals surface area contributed by atoms with E-state index in [1.807, 2.05) is 30.3 Å². The summed E-state index contributed by atoms with van der Waals surface area (Å²) in [6, 6.07) is 9.66. The van der Waals surface area contributed by atoms with E-state index in [1.54, 1.807) is 14.2 Å². The third-order valence-electron chi connectivity index (χ3n) is 3.13. The lowest BCUT2D eigenvalue weighted by Gasteiger charge is -2.05. The minimum Gasteiger partial charge on any atom is -0.492 e. The normalized spacial score (nSPS) is 10.4. The fourth-order valence-corrected chi connectivity index (χ4v) is 3.37. The molecule has 112 valence electrons.